The van der Waals surface area contributed by atoms with E-state index in [0.717, 1.165) is 15.3 Å². The lowest BCUT2D eigenvalue weighted by Crippen LogP contribution is -2.58. The second-order valence-corrected chi connectivity index (χ2v) is 9.44. The lowest BCUT2D eigenvalue weighted by atomic mass is 9.76. The predicted molar refractivity (Wildman–Crippen MR) is 126 cm³/mol. The number of imide groups is 1. The number of nitrogens with one attached hydrogen (secondary N) is 1. The van der Waals surface area contributed by atoms with Gasteiger partial charge >= 0.3 is 5.97 Å². The number of amides is 2. The Morgan fingerprint density at radius 2 is 1.79 bits per heavy atom. The molecule has 0 radical (unpaired) electrons. The van der Waals surface area contributed by atoms with Crippen LogP contribution in [0.1, 0.15) is 23.4 Å². The summed E-state index contributed by atoms with van der Waals surface area (Å²) in [5, 5.41) is 5.24. The van der Waals surface area contributed by atoms with E-state index in [2.05, 4.69) is 5.32 Å². The summed E-state index contributed by atoms with van der Waals surface area (Å²) in [7, 11) is 0. The number of para-hydroxylation sites is 1. The molecule has 2 aliphatic heterocycles. The number of hydrogen-bond acceptors (Lipinski definition) is 6. The van der Waals surface area contributed by atoms with Crippen LogP contribution < -0.4 is 10.2 Å². The Balaban J connectivity index is 1.68. The van der Waals surface area contributed by atoms with Gasteiger partial charge in [0.2, 0.25) is 11.8 Å². The standard InChI is InChI=1S/C26H23FN2O4S/c1-2-33-25(32)26(15-16-9-4-3-5-10-16)21-20(22(28-26)19-13-8-14-34-19)23(30)29(24(21)31)18-12-7-6-11-17(18)27/h3-14,20-22,28H,2,15H2,1H3/t20-,21+,22-,26-/m1/s1. The number of hydrogen-bond donors (Lipinski definition) is 1. The van der Waals surface area contributed by atoms with Crippen molar-refractivity contribution in [3.05, 3.63) is 88.4 Å². The van der Waals surface area contributed by atoms with Gasteiger partial charge in [-0.15, -0.1) is 11.3 Å². The maximum absolute atomic E-state index is 14.7. The molecule has 3 heterocycles. The maximum atomic E-state index is 14.7. The Morgan fingerprint density at radius 3 is 2.47 bits per heavy atom. The molecule has 4 atom stereocenters. The average Bonchev–Trinajstić information content (AvgIpc) is 3.53. The number of halogens is 1. The van der Waals surface area contributed by atoms with E-state index in [0.29, 0.717) is 0 Å². The van der Waals surface area contributed by atoms with Crippen LogP contribution in [-0.2, 0) is 25.5 Å². The molecule has 2 saturated heterocycles. The SMILES string of the molecule is CCOC(=O)[C@]1(Cc2ccccc2)N[C@H](c2cccs2)[C@@H]2C(=O)N(c3ccccc3F)C(=O)[C@H]21. The van der Waals surface area contributed by atoms with Crippen molar-refractivity contribution in [2.45, 2.75) is 24.9 Å². The van der Waals surface area contributed by atoms with Crippen molar-refractivity contribution in [1.29, 1.82) is 0 Å². The third kappa shape index (κ3) is 3.45. The molecule has 174 valence electrons. The summed E-state index contributed by atoms with van der Waals surface area (Å²) in [5.41, 5.74) is -0.767. The molecule has 0 aliphatic carbocycles. The fraction of sp³-hybridized carbons (Fsp3) is 0.269. The zero-order chi connectivity index (χ0) is 23.9. The highest BCUT2D eigenvalue weighted by Crippen LogP contribution is 2.52. The fourth-order valence-electron chi connectivity index (χ4n) is 5.19. The van der Waals surface area contributed by atoms with Crippen LogP contribution in [0, 0.1) is 17.7 Å². The van der Waals surface area contributed by atoms with E-state index in [9.17, 15) is 18.8 Å². The van der Waals surface area contributed by atoms with Crippen molar-refractivity contribution in [2.24, 2.45) is 11.8 Å². The van der Waals surface area contributed by atoms with Gasteiger partial charge in [-0.3, -0.25) is 19.7 Å². The molecule has 1 N–H and O–H groups in total. The van der Waals surface area contributed by atoms with E-state index in [1.54, 1.807) is 13.0 Å². The predicted octanol–water partition coefficient (Wildman–Crippen LogP) is 3.88. The molecule has 8 heteroatoms. The summed E-state index contributed by atoms with van der Waals surface area (Å²) in [5.74, 6) is -4.32. The monoisotopic (exact) mass is 478 g/mol. The van der Waals surface area contributed by atoms with E-state index in [-0.39, 0.29) is 18.7 Å². The molecule has 34 heavy (non-hydrogen) atoms. The molecule has 2 amide bonds. The van der Waals surface area contributed by atoms with Gasteiger partial charge in [0.05, 0.1) is 30.2 Å². The van der Waals surface area contributed by atoms with Gasteiger partial charge in [-0.2, -0.15) is 0 Å². The van der Waals surface area contributed by atoms with E-state index >= 15 is 0 Å². The van der Waals surface area contributed by atoms with E-state index in [4.69, 9.17) is 4.74 Å². The Morgan fingerprint density at radius 1 is 1.06 bits per heavy atom. The van der Waals surface area contributed by atoms with Gasteiger partial charge in [0.15, 0.2) is 0 Å². The van der Waals surface area contributed by atoms with E-state index in [1.165, 1.54) is 29.5 Å². The van der Waals surface area contributed by atoms with Crippen molar-refractivity contribution in [3.8, 4) is 0 Å². The fourth-order valence-corrected chi connectivity index (χ4v) is 6.01. The lowest BCUT2D eigenvalue weighted by molar-refractivity contribution is -0.154. The van der Waals surface area contributed by atoms with Crippen molar-refractivity contribution < 1.29 is 23.5 Å². The first-order valence-corrected chi connectivity index (χ1v) is 12.0. The summed E-state index contributed by atoms with van der Waals surface area (Å²) in [6.45, 7) is 1.82. The molecule has 2 aliphatic rings. The van der Waals surface area contributed by atoms with Crippen molar-refractivity contribution in [1.82, 2.24) is 5.32 Å². The van der Waals surface area contributed by atoms with Gasteiger partial charge < -0.3 is 4.74 Å². The first-order chi connectivity index (χ1) is 16.5. The van der Waals surface area contributed by atoms with Crippen molar-refractivity contribution >= 4 is 34.8 Å². The molecule has 5 rings (SSSR count). The number of thiophene rings is 1. The van der Waals surface area contributed by atoms with Crippen LogP contribution >= 0.6 is 11.3 Å². The van der Waals surface area contributed by atoms with Crippen LogP contribution in [0.2, 0.25) is 0 Å². The van der Waals surface area contributed by atoms with Gasteiger partial charge in [0.25, 0.3) is 0 Å². The first kappa shape index (κ1) is 22.4. The average molecular weight is 479 g/mol. The Labute approximate surface area is 200 Å². The molecule has 0 saturated carbocycles. The molecule has 0 bridgehead atoms. The third-order valence-corrected chi connectivity index (χ3v) is 7.52. The van der Waals surface area contributed by atoms with Gasteiger partial charge in [-0.05, 0) is 36.1 Å². The zero-order valence-corrected chi connectivity index (χ0v) is 19.3. The second kappa shape index (κ2) is 8.77. The van der Waals surface area contributed by atoms with Crippen LogP contribution in [0.15, 0.2) is 72.1 Å². The lowest BCUT2D eigenvalue weighted by Gasteiger charge is -2.33. The molecular formula is C26H23FN2O4S. The molecule has 0 unspecified atom stereocenters. The summed E-state index contributed by atoms with van der Waals surface area (Å²) in [6, 6.07) is 18.1. The normalized spacial score (nSPS) is 26.1. The minimum atomic E-state index is -1.48. The van der Waals surface area contributed by atoms with E-state index in [1.807, 2.05) is 47.8 Å². The number of benzene rings is 2. The number of nitrogens with zero attached hydrogens (tertiary/aromatic N) is 1. The Bertz CT molecular complexity index is 1230. The van der Waals surface area contributed by atoms with Crippen molar-refractivity contribution in [2.75, 3.05) is 11.5 Å². The zero-order valence-electron chi connectivity index (χ0n) is 18.4. The number of carbonyl (C=O) groups is 3. The highest BCUT2D eigenvalue weighted by atomic mass is 32.1. The number of fused-ring (bicyclic) bond motifs is 1. The van der Waals surface area contributed by atoms with Crippen LogP contribution in [0.5, 0.6) is 0 Å². The molecule has 1 aromatic heterocycles. The molecular weight excluding hydrogens is 455 g/mol. The van der Waals surface area contributed by atoms with Crippen LogP contribution in [0.3, 0.4) is 0 Å². The summed E-state index contributed by atoms with van der Waals surface area (Å²) >= 11 is 1.43. The largest absolute Gasteiger partial charge is 0.465 e. The first-order valence-electron chi connectivity index (χ1n) is 11.1. The molecule has 3 aromatic rings. The molecule has 2 fully saturated rings. The number of anilines is 1. The van der Waals surface area contributed by atoms with Gasteiger partial charge in [0.1, 0.15) is 11.4 Å². The maximum Gasteiger partial charge on any atom is 0.327 e. The topological polar surface area (TPSA) is 75.7 Å². The van der Waals surface area contributed by atoms with Gasteiger partial charge in [0, 0.05) is 11.3 Å². The Kier molecular flexibility index (Phi) is 5.79. The molecule has 2 aromatic carbocycles. The number of carbonyl (C=O) groups excluding carboxylic acids is 3. The number of ether oxygens (including phenoxy) is 1. The quantitative estimate of drug-likeness (QED) is 0.430. The summed E-state index contributed by atoms with van der Waals surface area (Å²) in [4.78, 5) is 42.9. The third-order valence-electron chi connectivity index (χ3n) is 6.56. The summed E-state index contributed by atoms with van der Waals surface area (Å²) < 4.78 is 20.2. The number of rotatable bonds is 6. The van der Waals surface area contributed by atoms with Crippen LogP contribution in [0.4, 0.5) is 10.1 Å². The number of esters is 1. The highest BCUT2D eigenvalue weighted by molar-refractivity contribution is 7.10. The van der Waals surface area contributed by atoms with Gasteiger partial charge in [-0.1, -0.05) is 48.5 Å². The summed E-state index contributed by atoms with van der Waals surface area (Å²) in [6.07, 6.45) is 0.153. The molecule has 0 spiro atoms. The van der Waals surface area contributed by atoms with Crippen LogP contribution in [-0.4, -0.2) is 29.9 Å². The van der Waals surface area contributed by atoms with E-state index < -0.39 is 47.0 Å². The minimum Gasteiger partial charge on any atom is -0.465 e. The minimum absolute atomic E-state index is 0.103. The van der Waals surface area contributed by atoms with Crippen LogP contribution in [0.25, 0.3) is 0 Å². The Hall–Kier alpha value is -3.36. The second-order valence-electron chi connectivity index (χ2n) is 8.46. The smallest absolute Gasteiger partial charge is 0.327 e. The molecule has 6 nitrogen and oxygen atoms in total. The van der Waals surface area contributed by atoms with Gasteiger partial charge in [-0.25, -0.2) is 9.29 Å². The van der Waals surface area contributed by atoms with Crippen molar-refractivity contribution in [3.63, 3.8) is 0 Å². The highest BCUT2D eigenvalue weighted by Gasteiger charge is 2.69.